The third-order valence-electron chi connectivity index (χ3n) is 4.41. The van der Waals surface area contributed by atoms with Crippen LogP contribution in [0, 0.1) is 0 Å². The highest BCUT2D eigenvalue weighted by atomic mass is 16.5. The summed E-state index contributed by atoms with van der Waals surface area (Å²) in [5.41, 5.74) is 1.20. The molecule has 30 heavy (non-hydrogen) atoms. The molecule has 3 N–H and O–H groups in total. The summed E-state index contributed by atoms with van der Waals surface area (Å²) in [6.45, 7) is 2.96. The van der Waals surface area contributed by atoms with Gasteiger partial charge in [-0.05, 0) is 48.9 Å². The first-order chi connectivity index (χ1) is 14.4. The molecule has 3 rings (SSSR count). The molecule has 0 fully saturated rings. The predicted octanol–water partition coefficient (Wildman–Crippen LogP) is 3.92. The van der Waals surface area contributed by atoms with Gasteiger partial charge in [-0.3, -0.25) is 4.79 Å². The quantitative estimate of drug-likeness (QED) is 0.542. The third-order valence-corrected chi connectivity index (χ3v) is 4.41. The Balaban J connectivity index is 1.50. The Morgan fingerprint density at radius 2 is 1.43 bits per heavy atom. The number of hydrogen-bond donors (Lipinski definition) is 3. The normalized spacial score (nSPS) is 12.5. The van der Waals surface area contributed by atoms with Gasteiger partial charge < -0.3 is 20.7 Å². The Morgan fingerprint density at radius 3 is 2.17 bits per heavy atom. The predicted molar refractivity (Wildman–Crippen MR) is 116 cm³/mol. The number of ether oxygens (including phenoxy) is 1. The second-order valence-electron chi connectivity index (χ2n) is 6.82. The highest BCUT2D eigenvalue weighted by Gasteiger charge is 2.23. The number of nitrogens with one attached hydrogen (secondary N) is 3. The number of benzene rings is 3. The molecule has 0 aromatic heterocycles. The van der Waals surface area contributed by atoms with Crippen LogP contribution in [0.2, 0.25) is 0 Å². The Hall–Kier alpha value is -3.87. The fourth-order valence-corrected chi connectivity index (χ4v) is 2.79. The number of esters is 1. The van der Waals surface area contributed by atoms with Gasteiger partial charge >= 0.3 is 12.0 Å². The SMILES string of the molecule is C[C@H](NC(=O)Nc1ccccc1)C(=O)O[C@H](C)C(=O)Nc1ccc2ccccc2c1. The number of carbonyl (C=O) groups excluding carboxylic acids is 3. The summed E-state index contributed by atoms with van der Waals surface area (Å²) in [7, 11) is 0. The topological polar surface area (TPSA) is 96.5 Å². The zero-order valence-corrected chi connectivity index (χ0v) is 16.7. The van der Waals surface area contributed by atoms with Crippen molar-refractivity contribution < 1.29 is 19.1 Å². The summed E-state index contributed by atoms with van der Waals surface area (Å²) < 4.78 is 5.19. The van der Waals surface area contributed by atoms with Gasteiger partial charge in [-0.15, -0.1) is 0 Å². The molecule has 0 saturated heterocycles. The number of para-hydroxylation sites is 1. The zero-order chi connectivity index (χ0) is 21.5. The standard InChI is InChI=1S/C23H23N3O4/c1-15(24-23(29)26-19-10-4-3-5-11-19)22(28)30-16(2)21(27)25-20-13-12-17-8-6-7-9-18(17)14-20/h3-16H,1-2H3,(H,25,27)(H2,24,26,29)/t15-,16+/m0/s1. The van der Waals surface area contributed by atoms with Gasteiger partial charge in [0.25, 0.3) is 5.91 Å². The number of anilines is 2. The lowest BCUT2D eigenvalue weighted by Crippen LogP contribution is -2.44. The average molecular weight is 405 g/mol. The van der Waals surface area contributed by atoms with Crippen molar-refractivity contribution >= 4 is 40.1 Å². The molecule has 3 aromatic carbocycles. The van der Waals surface area contributed by atoms with E-state index in [9.17, 15) is 14.4 Å². The van der Waals surface area contributed by atoms with Gasteiger partial charge in [0.2, 0.25) is 0 Å². The molecule has 0 unspecified atom stereocenters. The van der Waals surface area contributed by atoms with Crippen molar-refractivity contribution in [3.63, 3.8) is 0 Å². The van der Waals surface area contributed by atoms with Crippen LogP contribution in [0.25, 0.3) is 10.8 Å². The number of carbonyl (C=O) groups is 3. The second-order valence-corrected chi connectivity index (χ2v) is 6.82. The second kappa shape index (κ2) is 9.56. The number of fused-ring (bicyclic) bond motifs is 1. The van der Waals surface area contributed by atoms with Gasteiger partial charge in [-0.25, -0.2) is 9.59 Å². The van der Waals surface area contributed by atoms with E-state index in [0.29, 0.717) is 11.4 Å². The molecule has 0 bridgehead atoms. The first-order valence-corrected chi connectivity index (χ1v) is 9.55. The molecule has 2 atom stereocenters. The van der Waals surface area contributed by atoms with Crippen molar-refractivity contribution in [3.8, 4) is 0 Å². The number of hydrogen-bond acceptors (Lipinski definition) is 4. The maximum atomic E-state index is 12.4. The monoisotopic (exact) mass is 405 g/mol. The van der Waals surface area contributed by atoms with Crippen LogP contribution in [0.5, 0.6) is 0 Å². The molecular formula is C23H23N3O4. The van der Waals surface area contributed by atoms with Gasteiger partial charge in [0.1, 0.15) is 6.04 Å². The third kappa shape index (κ3) is 5.57. The van der Waals surface area contributed by atoms with Crippen LogP contribution in [-0.2, 0) is 14.3 Å². The molecule has 0 saturated carbocycles. The summed E-state index contributed by atoms with van der Waals surface area (Å²) >= 11 is 0. The first-order valence-electron chi connectivity index (χ1n) is 9.55. The maximum Gasteiger partial charge on any atom is 0.329 e. The van der Waals surface area contributed by atoms with E-state index >= 15 is 0 Å². The largest absolute Gasteiger partial charge is 0.451 e. The van der Waals surface area contributed by atoms with Crippen LogP contribution in [0.3, 0.4) is 0 Å². The van der Waals surface area contributed by atoms with Gasteiger partial charge in [0.05, 0.1) is 0 Å². The minimum atomic E-state index is -1.02. The van der Waals surface area contributed by atoms with E-state index in [1.165, 1.54) is 13.8 Å². The van der Waals surface area contributed by atoms with Crippen molar-refractivity contribution in [3.05, 3.63) is 72.8 Å². The molecule has 3 amide bonds. The molecule has 0 radical (unpaired) electrons. The summed E-state index contributed by atoms with van der Waals surface area (Å²) in [6.07, 6.45) is -1.02. The van der Waals surface area contributed by atoms with Crippen LogP contribution in [0.1, 0.15) is 13.8 Å². The van der Waals surface area contributed by atoms with E-state index < -0.39 is 30.1 Å². The summed E-state index contributed by atoms with van der Waals surface area (Å²) in [5.74, 6) is -1.17. The lowest BCUT2D eigenvalue weighted by Gasteiger charge is -2.18. The number of rotatable bonds is 6. The minimum Gasteiger partial charge on any atom is -0.451 e. The summed E-state index contributed by atoms with van der Waals surface area (Å²) in [6, 6.07) is 20.7. The zero-order valence-electron chi connectivity index (χ0n) is 16.7. The molecule has 0 aliphatic rings. The molecule has 7 nitrogen and oxygen atoms in total. The van der Waals surface area contributed by atoms with E-state index in [2.05, 4.69) is 16.0 Å². The lowest BCUT2D eigenvalue weighted by atomic mass is 10.1. The summed E-state index contributed by atoms with van der Waals surface area (Å²) in [5, 5.41) is 9.88. The van der Waals surface area contributed by atoms with Crippen molar-refractivity contribution in [2.45, 2.75) is 26.0 Å². The van der Waals surface area contributed by atoms with E-state index in [1.54, 1.807) is 30.3 Å². The van der Waals surface area contributed by atoms with Crippen LogP contribution in [0.4, 0.5) is 16.2 Å². The van der Waals surface area contributed by atoms with Crippen LogP contribution >= 0.6 is 0 Å². The lowest BCUT2D eigenvalue weighted by molar-refractivity contribution is -0.154. The van der Waals surface area contributed by atoms with E-state index in [0.717, 1.165) is 10.8 Å². The van der Waals surface area contributed by atoms with Crippen LogP contribution in [-0.4, -0.2) is 30.1 Å². The van der Waals surface area contributed by atoms with E-state index in [-0.39, 0.29) is 0 Å². The highest BCUT2D eigenvalue weighted by molar-refractivity contribution is 5.98. The number of urea groups is 1. The van der Waals surface area contributed by atoms with Crippen molar-refractivity contribution in [2.75, 3.05) is 10.6 Å². The molecule has 0 aliphatic carbocycles. The summed E-state index contributed by atoms with van der Waals surface area (Å²) in [4.78, 5) is 36.6. The minimum absolute atomic E-state index is 0.459. The molecule has 7 heteroatoms. The Labute approximate surface area is 174 Å². The maximum absolute atomic E-state index is 12.4. The van der Waals surface area contributed by atoms with E-state index in [1.807, 2.05) is 42.5 Å². The Bertz CT molecular complexity index is 1050. The fraction of sp³-hybridized carbons (Fsp3) is 0.174. The Kier molecular flexibility index (Phi) is 6.64. The molecule has 0 aliphatic heterocycles. The molecule has 0 heterocycles. The fourth-order valence-electron chi connectivity index (χ4n) is 2.79. The molecule has 154 valence electrons. The van der Waals surface area contributed by atoms with Crippen molar-refractivity contribution in [1.82, 2.24) is 5.32 Å². The van der Waals surface area contributed by atoms with Gasteiger partial charge in [-0.1, -0.05) is 48.5 Å². The molecule has 0 spiro atoms. The van der Waals surface area contributed by atoms with Crippen molar-refractivity contribution in [2.24, 2.45) is 0 Å². The van der Waals surface area contributed by atoms with Crippen LogP contribution in [0.15, 0.2) is 72.8 Å². The highest BCUT2D eigenvalue weighted by Crippen LogP contribution is 2.19. The number of amides is 3. The molecule has 3 aromatic rings. The van der Waals surface area contributed by atoms with Gasteiger partial charge in [0, 0.05) is 11.4 Å². The van der Waals surface area contributed by atoms with Gasteiger partial charge in [0.15, 0.2) is 6.10 Å². The van der Waals surface area contributed by atoms with E-state index in [4.69, 9.17) is 4.74 Å². The average Bonchev–Trinajstić information content (AvgIpc) is 2.74. The Morgan fingerprint density at radius 1 is 0.767 bits per heavy atom. The first kappa shape index (κ1) is 20.9. The van der Waals surface area contributed by atoms with Gasteiger partial charge in [-0.2, -0.15) is 0 Å². The van der Waals surface area contributed by atoms with Crippen molar-refractivity contribution in [1.29, 1.82) is 0 Å². The van der Waals surface area contributed by atoms with Crippen LogP contribution < -0.4 is 16.0 Å². The smallest absolute Gasteiger partial charge is 0.329 e. The molecular weight excluding hydrogens is 382 g/mol.